The molecule has 0 unspecified atom stereocenters. The zero-order valence-electron chi connectivity index (χ0n) is 7.64. The second-order valence-corrected chi connectivity index (χ2v) is 3.25. The number of carbonyl (C=O) groups is 1. The topological polar surface area (TPSA) is 38.3 Å². The summed E-state index contributed by atoms with van der Waals surface area (Å²) in [5.41, 5.74) is 0. The van der Waals surface area contributed by atoms with E-state index in [0.717, 1.165) is 13.1 Å². The van der Waals surface area contributed by atoms with E-state index in [2.05, 4.69) is 5.32 Å². The molecule has 0 saturated carbocycles. The van der Waals surface area contributed by atoms with E-state index in [9.17, 15) is 4.79 Å². The van der Waals surface area contributed by atoms with Gasteiger partial charge in [-0.25, -0.2) is 0 Å². The highest BCUT2D eigenvalue weighted by Crippen LogP contribution is 2.10. The Hall–Kier alpha value is -0.570. The van der Waals surface area contributed by atoms with Gasteiger partial charge in [-0.15, -0.1) is 0 Å². The maximum absolute atomic E-state index is 10.8. The Kier molecular flexibility index (Phi) is 4.08. The Morgan fingerprint density at radius 2 is 2.50 bits per heavy atom. The summed E-state index contributed by atoms with van der Waals surface area (Å²) in [7, 11) is 0. The fourth-order valence-electron chi connectivity index (χ4n) is 1.38. The summed E-state index contributed by atoms with van der Waals surface area (Å²) < 4.78 is 5.05. The smallest absolute Gasteiger partial charge is 0.305 e. The quantitative estimate of drug-likeness (QED) is 0.642. The van der Waals surface area contributed by atoms with Gasteiger partial charge in [0.05, 0.1) is 6.61 Å². The van der Waals surface area contributed by atoms with E-state index >= 15 is 0 Å². The molecule has 3 nitrogen and oxygen atoms in total. The number of ether oxygens (including phenoxy) is 1. The molecular formula is C9H17NO2. The van der Waals surface area contributed by atoms with Gasteiger partial charge in [-0.1, -0.05) is 6.92 Å². The molecule has 0 aromatic rings. The molecule has 0 spiro atoms. The fraction of sp³-hybridized carbons (Fsp3) is 0.889. The van der Waals surface area contributed by atoms with Crippen molar-refractivity contribution in [2.45, 2.75) is 26.2 Å². The molecule has 1 atom stereocenters. The van der Waals surface area contributed by atoms with Gasteiger partial charge in [-0.2, -0.15) is 0 Å². The molecule has 0 aromatic heterocycles. The van der Waals surface area contributed by atoms with Gasteiger partial charge in [-0.3, -0.25) is 4.79 Å². The molecule has 0 amide bonds. The van der Waals surface area contributed by atoms with Gasteiger partial charge >= 0.3 is 5.97 Å². The minimum Gasteiger partial charge on any atom is -0.465 e. The van der Waals surface area contributed by atoms with Crippen LogP contribution in [0.2, 0.25) is 0 Å². The SMILES string of the molecule is CCC(=O)OC[C@H]1CCCNC1. The molecule has 1 rings (SSSR count). The summed E-state index contributed by atoms with van der Waals surface area (Å²) in [5, 5.41) is 3.29. The highest BCUT2D eigenvalue weighted by molar-refractivity contribution is 5.68. The molecule has 1 aliphatic rings. The summed E-state index contributed by atoms with van der Waals surface area (Å²) in [4.78, 5) is 10.8. The molecule has 70 valence electrons. The van der Waals surface area contributed by atoms with Crippen LogP contribution in [0.5, 0.6) is 0 Å². The first kappa shape index (κ1) is 9.52. The van der Waals surface area contributed by atoms with Gasteiger partial charge in [-0.05, 0) is 19.4 Å². The lowest BCUT2D eigenvalue weighted by molar-refractivity contribution is -0.144. The van der Waals surface area contributed by atoms with Gasteiger partial charge in [0.1, 0.15) is 0 Å². The predicted molar refractivity (Wildman–Crippen MR) is 46.8 cm³/mol. The van der Waals surface area contributed by atoms with E-state index in [1.807, 2.05) is 6.92 Å². The number of hydrogen-bond donors (Lipinski definition) is 1. The van der Waals surface area contributed by atoms with Crippen molar-refractivity contribution in [3.63, 3.8) is 0 Å². The first-order valence-corrected chi connectivity index (χ1v) is 4.69. The predicted octanol–water partition coefficient (Wildman–Crippen LogP) is 0.939. The lowest BCUT2D eigenvalue weighted by Crippen LogP contribution is -2.32. The van der Waals surface area contributed by atoms with Crippen LogP contribution in [-0.4, -0.2) is 25.7 Å². The largest absolute Gasteiger partial charge is 0.465 e. The third-order valence-electron chi connectivity index (χ3n) is 2.17. The van der Waals surface area contributed by atoms with Crippen LogP contribution in [0, 0.1) is 5.92 Å². The average Bonchev–Trinajstić information content (AvgIpc) is 2.16. The first-order chi connectivity index (χ1) is 5.83. The van der Waals surface area contributed by atoms with E-state index < -0.39 is 0 Å². The fourth-order valence-corrected chi connectivity index (χ4v) is 1.38. The van der Waals surface area contributed by atoms with E-state index in [0.29, 0.717) is 18.9 Å². The molecule has 0 aromatic carbocycles. The number of nitrogens with one attached hydrogen (secondary N) is 1. The standard InChI is InChI=1S/C9H17NO2/c1-2-9(11)12-7-8-4-3-5-10-6-8/h8,10H,2-7H2,1H3/t8-/m0/s1. The Bertz CT molecular complexity index is 141. The minimum atomic E-state index is -0.0828. The Morgan fingerprint density at radius 3 is 3.08 bits per heavy atom. The zero-order valence-corrected chi connectivity index (χ0v) is 7.64. The molecular weight excluding hydrogens is 154 g/mol. The molecule has 0 bridgehead atoms. The zero-order chi connectivity index (χ0) is 8.81. The van der Waals surface area contributed by atoms with Gasteiger partial charge in [0.25, 0.3) is 0 Å². The van der Waals surface area contributed by atoms with Crippen LogP contribution >= 0.6 is 0 Å². The number of hydrogen-bond acceptors (Lipinski definition) is 3. The second-order valence-electron chi connectivity index (χ2n) is 3.25. The van der Waals surface area contributed by atoms with E-state index in [1.54, 1.807) is 0 Å². The molecule has 12 heavy (non-hydrogen) atoms. The summed E-state index contributed by atoms with van der Waals surface area (Å²) >= 11 is 0. The second kappa shape index (κ2) is 5.14. The first-order valence-electron chi connectivity index (χ1n) is 4.69. The monoisotopic (exact) mass is 171 g/mol. The average molecular weight is 171 g/mol. The molecule has 1 fully saturated rings. The molecule has 0 aliphatic carbocycles. The Balaban J connectivity index is 2.09. The van der Waals surface area contributed by atoms with E-state index in [1.165, 1.54) is 12.8 Å². The highest BCUT2D eigenvalue weighted by Gasteiger charge is 2.14. The van der Waals surface area contributed by atoms with Crippen LogP contribution in [0.3, 0.4) is 0 Å². The van der Waals surface area contributed by atoms with Crippen LogP contribution in [0.1, 0.15) is 26.2 Å². The summed E-state index contributed by atoms with van der Waals surface area (Å²) in [6, 6.07) is 0. The van der Waals surface area contributed by atoms with E-state index in [4.69, 9.17) is 4.74 Å². The highest BCUT2D eigenvalue weighted by atomic mass is 16.5. The van der Waals surface area contributed by atoms with Crippen LogP contribution in [-0.2, 0) is 9.53 Å². The summed E-state index contributed by atoms with van der Waals surface area (Å²) in [6.45, 7) is 4.52. The number of rotatable bonds is 3. The van der Waals surface area contributed by atoms with Crippen molar-refractivity contribution < 1.29 is 9.53 Å². The van der Waals surface area contributed by atoms with Gasteiger partial charge in [0.15, 0.2) is 0 Å². The van der Waals surface area contributed by atoms with Crippen molar-refractivity contribution in [1.82, 2.24) is 5.32 Å². The third-order valence-corrected chi connectivity index (χ3v) is 2.17. The Labute approximate surface area is 73.5 Å². The number of piperidine rings is 1. The molecule has 0 radical (unpaired) electrons. The normalized spacial score (nSPS) is 23.6. The molecule has 3 heteroatoms. The van der Waals surface area contributed by atoms with Gasteiger partial charge in [0.2, 0.25) is 0 Å². The maximum Gasteiger partial charge on any atom is 0.305 e. The van der Waals surface area contributed by atoms with Crippen molar-refractivity contribution >= 4 is 5.97 Å². The van der Waals surface area contributed by atoms with Gasteiger partial charge in [0, 0.05) is 18.9 Å². The van der Waals surface area contributed by atoms with Crippen molar-refractivity contribution in [1.29, 1.82) is 0 Å². The third kappa shape index (κ3) is 3.22. The van der Waals surface area contributed by atoms with Crippen molar-refractivity contribution in [2.24, 2.45) is 5.92 Å². The van der Waals surface area contributed by atoms with Crippen molar-refractivity contribution in [3.8, 4) is 0 Å². The molecule has 1 aliphatic heterocycles. The van der Waals surface area contributed by atoms with Crippen LogP contribution in [0.4, 0.5) is 0 Å². The lowest BCUT2D eigenvalue weighted by atomic mass is 10.0. The molecule has 1 N–H and O–H groups in total. The van der Waals surface area contributed by atoms with Crippen LogP contribution < -0.4 is 5.32 Å². The Morgan fingerprint density at radius 1 is 1.67 bits per heavy atom. The van der Waals surface area contributed by atoms with Crippen LogP contribution in [0.15, 0.2) is 0 Å². The van der Waals surface area contributed by atoms with Gasteiger partial charge < -0.3 is 10.1 Å². The molecule has 1 saturated heterocycles. The number of esters is 1. The molecule has 1 heterocycles. The maximum atomic E-state index is 10.8. The number of carbonyl (C=O) groups excluding carboxylic acids is 1. The minimum absolute atomic E-state index is 0.0828. The summed E-state index contributed by atoms with van der Waals surface area (Å²) in [6.07, 6.45) is 2.87. The van der Waals surface area contributed by atoms with E-state index in [-0.39, 0.29) is 5.97 Å². The van der Waals surface area contributed by atoms with Crippen molar-refractivity contribution in [2.75, 3.05) is 19.7 Å². The lowest BCUT2D eigenvalue weighted by Gasteiger charge is -2.21. The summed E-state index contributed by atoms with van der Waals surface area (Å²) in [5.74, 6) is 0.454. The van der Waals surface area contributed by atoms with Crippen LogP contribution in [0.25, 0.3) is 0 Å². The van der Waals surface area contributed by atoms with Crippen molar-refractivity contribution in [3.05, 3.63) is 0 Å².